The predicted molar refractivity (Wildman–Crippen MR) is 71.0 cm³/mol. The van der Waals surface area contributed by atoms with Gasteiger partial charge in [-0.3, -0.25) is 0 Å². The van der Waals surface area contributed by atoms with Crippen molar-refractivity contribution in [1.29, 1.82) is 0 Å². The summed E-state index contributed by atoms with van der Waals surface area (Å²) in [6.45, 7) is 6.41. The first-order chi connectivity index (χ1) is 8.01. The molecule has 0 spiro atoms. The molecule has 1 atom stereocenters. The molecule has 1 aromatic rings. The molecule has 0 bridgehead atoms. The second-order valence-corrected chi connectivity index (χ2v) is 6.14. The van der Waals surface area contributed by atoms with E-state index < -0.39 is 5.60 Å². The van der Waals surface area contributed by atoms with Crippen molar-refractivity contribution >= 4 is 16.5 Å². The van der Waals surface area contributed by atoms with E-state index in [0.29, 0.717) is 11.2 Å². The molecule has 2 heterocycles. The number of nitrogen functional groups attached to an aromatic ring is 1. The lowest BCUT2D eigenvalue weighted by atomic mass is 9.94. The van der Waals surface area contributed by atoms with Crippen molar-refractivity contribution in [1.82, 2.24) is 9.88 Å². The van der Waals surface area contributed by atoms with E-state index in [-0.39, 0.29) is 0 Å². The number of likely N-dealkylation sites (tertiary alicyclic amines) is 1. The third kappa shape index (κ3) is 2.78. The highest BCUT2D eigenvalue weighted by molar-refractivity contribution is 7.15. The van der Waals surface area contributed by atoms with Crippen LogP contribution < -0.4 is 5.73 Å². The highest BCUT2D eigenvalue weighted by Crippen LogP contribution is 2.36. The smallest absolute Gasteiger partial charge is 0.180 e. The average molecular weight is 255 g/mol. The van der Waals surface area contributed by atoms with Crippen LogP contribution in [0.5, 0.6) is 0 Å². The van der Waals surface area contributed by atoms with Gasteiger partial charge in [0.2, 0.25) is 0 Å². The number of hydrogen-bond donors (Lipinski definition) is 2. The molecular weight excluding hydrogens is 234 g/mol. The van der Waals surface area contributed by atoms with Gasteiger partial charge in [0.05, 0.1) is 4.88 Å². The Balaban J connectivity index is 2.11. The molecule has 2 rings (SSSR count). The third-order valence-electron chi connectivity index (χ3n) is 3.56. The van der Waals surface area contributed by atoms with Crippen molar-refractivity contribution < 1.29 is 5.11 Å². The zero-order chi connectivity index (χ0) is 12.5. The maximum Gasteiger partial charge on any atom is 0.180 e. The third-order valence-corrected chi connectivity index (χ3v) is 4.58. The number of hydrogen-bond acceptors (Lipinski definition) is 5. The minimum absolute atomic E-state index is 0.540. The van der Waals surface area contributed by atoms with Crippen LogP contribution in [0.2, 0.25) is 0 Å². The fourth-order valence-electron chi connectivity index (χ4n) is 2.41. The van der Waals surface area contributed by atoms with E-state index >= 15 is 0 Å². The Labute approximate surface area is 106 Å². The van der Waals surface area contributed by atoms with Crippen molar-refractivity contribution in [2.75, 3.05) is 18.8 Å². The van der Waals surface area contributed by atoms with Crippen molar-refractivity contribution in [3.8, 4) is 0 Å². The zero-order valence-electron chi connectivity index (χ0n) is 10.5. The van der Waals surface area contributed by atoms with Gasteiger partial charge in [0.25, 0.3) is 0 Å². The number of aliphatic hydroxyl groups is 1. The molecule has 0 aromatic carbocycles. The standard InChI is InChI=1S/C12H21N3OS/c1-9(2)15-6-3-4-12(16,5-7-15)10-8-14-11(13)17-10/h8-9,16H,3-7H2,1-2H3,(H2,13,14). The zero-order valence-corrected chi connectivity index (χ0v) is 11.3. The lowest BCUT2D eigenvalue weighted by molar-refractivity contribution is 0.0238. The molecule has 3 N–H and O–H groups in total. The Morgan fingerprint density at radius 2 is 2.24 bits per heavy atom. The van der Waals surface area contributed by atoms with Gasteiger partial charge in [-0.15, -0.1) is 0 Å². The van der Waals surface area contributed by atoms with Gasteiger partial charge in [0.1, 0.15) is 5.60 Å². The number of aromatic nitrogens is 1. The van der Waals surface area contributed by atoms with Gasteiger partial charge >= 0.3 is 0 Å². The van der Waals surface area contributed by atoms with Crippen molar-refractivity contribution in [3.63, 3.8) is 0 Å². The average Bonchev–Trinajstić information content (AvgIpc) is 2.59. The molecular formula is C12H21N3OS. The van der Waals surface area contributed by atoms with E-state index in [4.69, 9.17) is 5.73 Å². The number of nitrogens with two attached hydrogens (primary N) is 1. The Kier molecular flexibility index (Phi) is 3.70. The molecule has 1 saturated heterocycles. The van der Waals surface area contributed by atoms with Crippen LogP contribution in [0.15, 0.2) is 6.20 Å². The molecule has 1 aromatic heterocycles. The molecule has 0 radical (unpaired) electrons. The number of thiazole rings is 1. The molecule has 0 amide bonds. The van der Waals surface area contributed by atoms with Crippen LogP contribution in [-0.2, 0) is 5.60 Å². The molecule has 0 aliphatic carbocycles. The van der Waals surface area contributed by atoms with E-state index in [1.54, 1.807) is 6.20 Å². The van der Waals surface area contributed by atoms with E-state index in [2.05, 4.69) is 23.7 Å². The molecule has 1 unspecified atom stereocenters. The maximum atomic E-state index is 10.7. The van der Waals surface area contributed by atoms with E-state index in [9.17, 15) is 5.11 Å². The van der Waals surface area contributed by atoms with Gasteiger partial charge in [-0.05, 0) is 39.7 Å². The van der Waals surface area contributed by atoms with Crippen molar-refractivity contribution in [3.05, 3.63) is 11.1 Å². The van der Waals surface area contributed by atoms with Crippen LogP contribution in [0.3, 0.4) is 0 Å². The van der Waals surface area contributed by atoms with Crippen molar-refractivity contribution in [2.45, 2.75) is 44.8 Å². The Morgan fingerprint density at radius 1 is 1.47 bits per heavy atom. The summed E-state index contributed by atoms with van der Waals surface area (Å²) in [5.74, 6) is 0. The first kappa shape index (κ1) is 12.8. The molecule has 5 heteroatoms. The summed E-state index contributed by atoms with van der Waals surface area (Å²) in [5, 5.41) is 11.3. The molecule has 4 nitrogen and oxygen atoms in total. The second-order valence-electron chi connectivity index (χ2n) is 5.08. The SMILES string of the molecule is CC(C)N1CCCC(O)(c2cnc(N)s2)CC1. The number of nitrogens with zero attached hydrogens (tertiary/aromatic N) is 2. The fraction of sp³-hybridized carbons (Fsp3) is 0.750. The Bertz CT molecular complexity index is 380. The lowest BCUT2D eigenvalue weighted by Gasteiger charge is -2.27. The highest BCUT2D eigenvalue weighted by Gasteiger charge is 2.34. The van der Waals surface area contributed by atoms with Crippen LogP contribution >= 0.6 is 11.3 Å². The summed E-state index contributed by atoms with van der Waals surface area (Å²) in [4.78, 5) is 7.38. The molecule has 0 saturated carbocycles. The van der Waals surface area contributed by atoms with Crippen LogP contribution in [-0.4, -0.2) is 34.1 Å². The van der Waals surface area contributed by atoms with Gasteiger partial charge < -0.3 is 15.7 Å². The van der Waals surface area contributed by atoms with Crippen molar-refractivity contribution in [2.24, 2.45) is 0 Å². The predicted octanol–water partition coefficient (Wildman–Crippen LogP) is 1.81. The summed E-state index contributed by atoms with van der Waals surface area (Å²) in [5.41, 5.74) is 4.92. The molecule has 1 aliphatic rings. The van der Waals surface area contributed by atoms with Gasteiger partial charge in [-0.2, -0.15) is 0 Å². The van der Waals surface area contributed by atoms with E-state index in [0.717, 1.165) is 37.2 Å². The van der Waals surface area contributed by atoms with Crippen LogP contribution in [0, 0.1) is 0 Å². The van der Waals surface area contributed by atoms with Crippen LogP contribution in [0.1, 0.15) is 38.0 Å². The second kappa shape index (κ2) is 4.92. The van der Waals surface area contributed by atoms with Gasteiger partial charge in [-0.25, -0.2) is 4.98 Å². The number of rotatable bonds is 2. The summed E-state index contributed by atoms with van der Waals surface area (Å²) in [7, 11) is 0. The van der Waals surface area contributed by atoms with E-state index in [1.165, 1.54) is 11.3 Å². The Hall–Kier alpha value is -0.650. The van der Waals surface area contributed by atoms with Gasteiger partial charge in [0.15, 0.2) is 5.13 Å². The highest BCUT2D eigenvalue weighted by atomic mass is 32.1. The molecule has 96 valence electrons. The summed E-state index contributed by atoms with van der Waals surface area (Å²) >= 11 is 1.41. The van der Waals surface area contributed by atoms with Crippen LogP contribution in [0.4, 0.5) is 5.13 Å². The first-order valence-corrected chi connectivity index (χ1v) is 7.01. The molecule has 17 heavy (non-hydrogen) atoms. The summed E-state index contributed by atoms with van der Waals surface area (Å²) < 4.78 is 0. The van der Waals surface area contributed by atoms with Gasteiger partial charge in [0, 0.05) is 18.8 Å². The minimum Gasteiger partial charge on any atom is -0.384 e. The number of anilines is 1. The maximum absolute atomic E-state index is 10.7. The largest absolute Gasteiger partial charge is 0.384 e. The normalized spacial score (nSPS) is 27.3. The lowest BCUT2D eigenvalue weighted by Crippen LogP contribution is -2.33. The fourth-order valence-corrected chi connectivity index (χ4v) is 3.24. The quantitative estimate of drug-likeness (QED) is 0.846. The first-order valence-electron chi connectivity index (χ1n) is 6.19. The van der Waals surface area contributed by atoms with Crippen LogP contribution in [0.25, 0.3) is 0 Å². The summed E-state index contributed by atoms with van der Waals surface area (Å²) in [6, 6.07) is 0.545. The van der Waals surface area contributed by atoms with Gasteiger partial charge in [-0.1, -0.05) is 11.3 Å². The molecule has 1 aliphatic heterocycles. The van der Waals surface area contributed by atoms with E-state index in [1.807, 2.05) is 0 Å². The minimum atomic E-state index is -0.723. The topological polar surface area (TPSA) is 62.4 Å². The Morgan fingerprint density at radius 3 is 2.82 bits per heavy atom. The summed E-state index contributed by atoms with van der Waals surface area (Å²) in [6.07, 6.45) is 4.32. The monoisotopic (exact) mass is 255 g/mol. The molecule has 1 fully saturated rings.